The van der Waals surface area contributed by atoms with Gasteiger partial charge in [-0.1, -0.05) is 12.1 Å². The molecule has 0 saturated carbocycles. The van der Waals surface area contributed by atoms with Crippen molar-refractivity contribution in [3.05, 3.63) is 53.6 Å². The molecule has 2 aromatic carbocycles. The summed E-state index contributed by atoms with van der Waals surface area (Å²) in [6.07, 6.45) is 0.695. The quantitative estimate of drug-likeness (QED) is 0.606. The van der Waals surface area contributed by atoms with Crippen LogP contribution in [0.25, 0.3) is 0 Å². The largest absolute Gasteiger partial charge is 0.497 e. The number of nitrogens with one attached hydrogen (secondary N) is 2. The Balaban J connectivity index is 1.80. The summed E-state index contributed by atoms with van der Waals surface area (Å²) in [5, 5.41) is 5.41. The molecule has 0 heterocycles. The zero-order valence-corrected chi connectivity index (χ0v) is 17.1. The van der Waals surface area contributed by atoms with Crippen molar-refractivity contribution < 1.29 is 23.8 Å². The summed E-state index contributed by atoms with van der Waals surface area (Å²) < 4.78 is 16.1. The van der Waals surface area contributed by atoms with Gasteiger partial charge in [-0.3, -0.25) is 9.59 Å². The van der Waals surface area contributed by atoms with Crippen molar-refractivity contribution in [3.63, 3.8) is 0 Å². The molecule has 2 aromatic rings. The molecule has 0 fully saturated rings. The minimum atomic E-state index is -0.348. The molecular formula is C22H28N2O5. The highest BCUT2D eigenvalue weighted by atomic mass is 16.5. The number of carbonyl (C=O) groups excluding carboxylic acids is 2. The van der Waals surface area contributed by atoms with Gasteiger partial charge in [-0.05, 0) is 56.2 Å². The summed E-state index contributed by atoms with van der Waals surface area (Å²) in [5.41, 5.74) is 1.50. The fourth-order valence-electron chi connectivity index (χ4n) is 2.66. The average molecular weight is 400 g/mol. The van der Waals surface area contributed by atoms with Crippen LogP contribution in [0, 0.1) is 0 Å². The Morgan fingerprint density at radius 2 is 1.59 bits per heavy atom. The predicted molar refractivity (Wildman–Crippen MR) is 111 cm³/mol. The predicted octanol–water partition coefficient (Wildman–Crippen LogP) is 2.58. The van der Waals surface area contributed by atoms with E-state index in [1.807, 2.05) is 38.1 Å². The SMILES string of the molecule is CCOc1ccc(C(=O)NCC(=O)NCCc2ccc(OC)cc2)cc1OCC. The van der Waals surface area contributed by atoms with Gasteiger partial charge >= 0.3 is 0 Å². The van der Waals surface area contributed by atoms with Crippen molar-refractivity contribution in [2.45, 2.75) is 20.3 Å². The highest BCUT2D eigenvalue weighted by molar-refractivity contribution is 5.97. The van der Waals surface area contributed by atoms with Gasteiger partial charge in [0.15, 0.2) is 11.5 Å². The van der Waals surface area contributed by atoms with Crippen LogP contribution < -0.4 is 24.8 Å². The fraction of sp³-hybridized carbons (Fsp3) is 0.364. The van der Waals surface area contributed by atoms with Gasteiger partial charge in [-0.2, -0.15) is 0 Å². The highest BCUT2D eigenvalue weighted by Crippen LogP contribution is 2.28. The van der Waals surface area contributed by atoms with Crippen LogP contribution in [0.1, 0.15) is 29.8 Å². The molecule has 2 rings (SSSR count). The van der Waals surface area contributed by atoms with Gasteiger partial charge in [-0.15, -0.1) is 0 Å². The van der Waals surface area contributed by atoms with Gasteiger partial charge in [0.25, 0.3) is 5.91 Å². The molecule has 0 saturated heterocycles. The summed E-state index contributed by atoms with van der Waals surface area (Å²) >= 11 is 0. The molecule has 0 aliphatic heterocycles. The van der Waals surface area contributed by atoms with Crippen LogP contribution in [0.5, 0.6) is 17.2 Å². The van der Waals surface area contributed by atoms with Gasteiger partial charge in [0, 0.05) is 12.1 Å². The first-order valence-electron chi connectivity index (χ1n) is 9.64. The first-order valence-corrected chi connectivity index (χ1v) is 9.64. The molecule has 0 aliphatic carbocycles. The monoisotopic (exact) mass is 400 g/mol. The Morgan fingerprint density at radius 3 is 2.24 bits per heavy atom. The van der Waals surface area contributed by atoms with Crippen molar-refractivity contribution in [3.8, 4) is 17.2 Å². The summed E-state index contributed by atoms with van der Waals surface area (Å²) in [7, 11) is 1.62. The lowest BCUT2D eigenvalue weighted by Gasteiger charge is -2.12. The smallest absolute Gasteiger partial charge is 0.251 e. The molecule has 0 aromatic heterocycles. The van der Waals surface area contributed by atoms with E-state index < -0.39 is 0 Å². The van der Waals surface area contributed by atoms with Crippen LogP contribution in [-0.2, 0) is 11.2 Å². The first kappa shape index (κ1) is 22.1. The maximum atomic E-state index is 12.3. The van der Waals surface area contributed by atoms with Crippen molar-refractivity contribution in [2.75, 3.05) is 33.4 Å². The van der Waals surface area contributed by atoms with Crippen LogP contribution in [0.15, 0.2) is 42.5 Å². The number of benzene rings is 2. The molecule has 0 bridgehead atoms. The van der Waals surface area contributed by atoms with Crippen molar-refractivity contribution >= 4 is 11.8 Å². The van der Waals surface area contributed by atoms with E-state index in [0.717, 1.165) is 11.3 Å². The third-order valence-electron chi connectivity index (χ3n) is 4.11. The highest BCUT2D eigenvalue weighted by Gasteiger charge is 2.12. The number of ether oxygens (including phenoxy) is 3. The molecule has 2 amide bonds. The van der Waals surface area contributed by atoms with Crippen molar-refractivity contribution in [2.24, 2.45) is 0 Å². The van der Waals surface area contributed by atoms with E-state index in [4.69, 9.17) is 14.2 Å². The zero-order chi connectivity index (χ0) is 21.1. The Kier molecular flexibility index (Phi) is 8.82. The minimum absolute atomic E-state index is 0.0986. The summed E-state index contributed by atoms with van der Waals surface area (Å²) in [4.78, 5) is 24.3. The molecule has 0 radical (unpaired) electrons. The molecular weight excluding hydrogens is 372 g/mol. The number of methoxy groups -OCH3 is 1. The number of amides is 2. The number of hydrogen-bond donors (Lipinski definition) is 2. The van der Waals surface area contributed by atoms with Crippen LogP contribution in [-0.4, -0.2) is 45.2 Å². The van der Waals surface area contributed by atoms with Crippen LogP contribution in [0.4, 0.5) is 0 Å². The Morgan fingerprint density at radius 1 is 0.897 bits per heavy atom. The van der Waals surface area contributed by atoms with Gasteiger partial charge < -0.3 is 24.8 Å². The van der Waals surface area contributed by atoms with E-state index in [0.29, 0.717) is 43.2 Å². The zero-order valence-electron chi connectivity index (χ0n) is 17.1. The number of rotatable bonds is 11. The van der Waals surface area contributed by atoms with Gasteiger partial charge in [0.1, 0.15) is 5.75 Å². The lowest BCUT2D eigenvalue weighted by Crippen LogP contribution is -2.37. The third-order valence-corrected chi connectivity index (χ3v) is 4.11. The lowest BCUT2D eigenvalue weighted by molar-refractivity contribution is -0.120. The Bertz CT molecular complexity index is 805. The van der Waals surface area contributed by atoms with Crippen molar-refractivity contribution in [1.29, 1.82) is 0 Å². The molecule has 0 aliphatic rings. The Hall–Kier alpha value is -3.22. The van der Waals surface area contributed by atoms with E-state index in [1.165, 1.54) is 0 Å². The molecule has 0 unspecified atom stereocenters. The molecule has 2 N–H and O–H groups in total. The second kappa shape index (κ2) is 11.6. The average Bonchev–Trinajstić information content (AvgIpc) is 2.74. The van der Waals surface area contributed by atoms with Crippen LogP contribution >= 0.6 is 0 Å². The molecule has 29 heavy (non-hydrogen) atoms. The molecule has 156 valence electrons. The maximum absolute atomic E-state index is 12.3. The van der Waals surface area contributed by atoms with E-state index in [2.05, 4.69) is 10.6 Å². The van der Waals surface area contributed by atoms with Gasteiger partial charge in [-0.25, -0.2) is 0 Å². The summed E-state index contributed by atoms with van der Waals surface area (Å²) in [6.45, 7) is 5.09. The van der Waals surface area contributed by atoms with Crippen LogP contribution in [0.2, 0.25) is 0 Å². The summed E-state index contributed by atoms with van der Waals surface area (Å²) in [5.74, 6) is 1.29. The molecule has 0 spiro atoms. The second-order valence-corrected chi connectivity index (χ2v) is 6.16. The van der Waals surface area contributed by atoms with Gasteiger partial charge in [0.2, 0.25) is 5.91 Å². The normalized spacial score (nSPS) is 10.2. The fourth-order valence-corrected chi connectivity index (χ4v) is 2.66. The lowest BCUT2D eigenvalue weighted by atomic mass is 10.1. The third kappa shape index (κ3) is 7.03. The summed E-state index contributed by atoms with van der Waals surface area (Å²) in [6, 6.07) is 12.6. The molecule has 7 nitrogen and oxygen atoms in total. The topological polar surface area (TPSA) is 85.9 Å². The maximum Gasteiger partial charge on any atom is 0.251 e. The standard InChI is InChI=1S/C22H28N2O5/c1-4-28-19-11-8-17(14-20(19)29-5-2)22(26)24-15-21(25)23-13-12-16-6-9-18(27-3)10-7-16/h6-11,14H,4-5,12-13,15H2,1-3H3,(H,23,25)(H,24,26). The van der Waals surface area contributed by atoms with Gasteiger partial charge in [0.05, 0.1) is 26.9 Å². The van der Waals surface area contributed by atoms with E-state index in [-0.39, 0.29) is 18.4 Å². The number of carbonyl (C=O) groups is 2. The van der Waals surface area contributed by atoms with Crippen LogP contribution in [0.3, 0.4) is 0 Å². The molecule has 7 heteroatoms. The van der Waals surface area contributed by atoms with E-state index >= 15 is 0 Å². The Labute approximate surface area is 171 Å². The van der Waals surface area contributed by atoms with E-state index in [9.17, 15) is 9.59 Å². The van der Waals surface area contributed by atoms with Crippen molar-refractivity contribution in [1.82, 2.24) is 10.6 Å². The van der Waals surface area contributed by atoms with E-state index in [1.54, 1.807) is 25.3 Å². The second-order valence-electron chi connectivity index (χ2n) is 6.16. The molecule has 0 atom stereocenters. The first-order chi connectivity index (χ1) is 14.1. The minimum Gasteiger partial charge on any atom is -0.497 e. The number of hydrogen-bond acceptors (Lipinski definition) is 5.